The van der Waals surface area contributed by atoms with E-state index in [2.05, 4.69) is 10.6 Å². The van der Waals surface area contributed by atoms with Crippen LogP contribution in [0.25, 0.3) is 0 Å². The van der Waals surface area contributed by atoms with Gasteiger partial charge in [-0.3, -0.25) is 4.79 Å². The van der Waals surface area contributed by atoms with Gasteiger partial charge in [0.05, 0.1) is 10.7 Å². The lowest BCUT2D eigenvalue weighted by molar-refractivity contribution is -0.118. The van der Waals surface area contributed by atoms with Crippen molar-refractivity contribution in [3.63, 3.8) is 0 Å². The lowest BCUT2D eigenvalue weighted by Crippen LogP contribution is -2.40. The zero-order chi connectivity index (χ0) is 18.4. The van der Waals surface area contributed by atoms with E-state index in [-0.39, 0.29) is 0 Å². The number of anilines is 1. The molecule has 132 valence electrons. The van der Waals surface area contributed by atoms with Crippen LogP contribution in [0.5, 0.6) is 0 Å². The minimum absolute atomic E-state index is 0.412. The summed E-state index contributed by atoms with van der Waals surface area (Å²) in [6.07, 6.45) is -0.671. The van der Waals surface area contributed by atoms with Gasteiger partial charge in [-0.2, -0.15) is 0 Å². The molecular formula is C19H21ClN2O3. The third kappa shape index (κ3) is 5.80. The molecule has 0 aliphatic rings. The van der Waals surface area contributed by atoms with Crippen LogP contribution in [0.2, 0.25) is 5.02 Å². The quantitative estimate of drug-likeness (QED) is 0.840. The molecule has 0 spiro atoms. The highest BCUT2D eigenvalue weighted by atomic mass is 35.5. The Labute approximate surface area is 152 Å². The van der Waals surface area contributed by atoms with Crippen molar-refractivity contribution < 1.29 is 14.3 Å². The second kappa shape index (κ2) is 8.03. The Balaban J connectivity index is 2.21. The van der Waals surface area contributed by atoms with E-state index in [0.29, 0.717) is 16.3 Å². The second-order valence-electron chi connectivity index (χ2n) is 6.46. The van der Waals surface area contributed by atoms with Crippen molar-refractivity contribution in [2.24, 2.45) is 0 Å². The second-order valence-corrected chi connectivity index (χ2v) is 6.87. The molecular weight excluding hydrogens is 340 g/mol. The maximum atomic E-state index is 12.7. The van der Waals surface area contributed by atoms with Gasteiger partial charge in [0.15, 0.2) is 0 Å². The molecule has 0 aromatic heterocycles. The van der Waals surface area contributed by atoms with Gasteiger partial charge < -0.3 is 15.4 Å². The number of carbonyl (C=O) groups excluding carboxylic acids is 2. The number of alkyl carbamates (subject to hydrolysis) is 1. The smallest absolute Gasteiger partial charge is 0.408 e. The maximum Gasteiger partial charge on any atom is 0.408 e. The van der Waals surface area contributed by atoms with Gasteiger partial charge in [0.25, 0.3) is 5.91 Å². The molecule has 0 aliphatic heterocycles. The monoisotopic (exact) mass is 360 g/mol. The molecule has 0 heterocycles. The first kappa shape index (κ1) is 18.8. The number of rotatable bonds is 4. The van der Waals surface area contributed by atoms with Gasteiger partial charge in [0, 0.05) is 0 Å². The van der Waals surface area contributed by atoms with Crippen LogP contribution >= 0.6 is 11.6 Å². The number of nitrogens with one attached hydrogen (secondary N) is 2. The summed E-state index contributed by atoms with van der Waals surface area (Å²) in [5.74, 6) is -0.412. The minimum Gasteiger partial charge on any atom is -0.444 e. The average Bonchev–Trinajstić information content (AvgIpc) is 2.54. The molecule has 0 saturated carbocycles. The molecule has 1 atom stereocenters. The zero-order valence-electron chi connectivity index (χ0n) is 14.4. The molecule has 2 rings (SSSR count). The fourth-order valence-electron chi connectivity index (χ4n) is 2.14. The van der Waals surface area contributed by atoms with Crippen LogP contribution in [0.1, 0.15) is 32.4 Å². The lowest BCUT2D eigenvalue weighted by atomic mass is 10.1. The molecule has 0 fully saturated rings. The Morgan fingerprint density at radius 1 is 1.00 bits per heavy atom. The van der Waals surface area contributed by atoms with E-state index < -0.39 is 23.6 Å². The molecule has 2 aromatic rings. The SMILES string of the molecule is CC(C)(C)OC(=O)NC(C(=O)Nc1ccccc1Cl)c1ccccc1. The Bertz CT molecular complexity index is 742. The number of carbonyl (C=O) groups is 2. The molecule has 6 heteroatoms. The molecule has 1 unspecified atom stereocenters. The van der Waals surface area contributed by atoms with E-state index in [1.165, 1.54) is 0 Å². The number of amides is 2. The fourth-order valence-corrected chi connectivity index (χ4v) is 2.32. The van der Waals surface area contributed by atoms with Crippen LogP contribution < -0.4 is 10.6 Å². The number of halogens is 1. The number of hydrogen-bond acceptors (Lipinski definition) is 3. The van der Waals surface area contributed by atoms with Crippen LogP contribution in [0.4, 0.5) is 10.5 Å². The number of benzene rings is 2. The maximum absolute atomic E-state index is 12.7. The Morgan fingerprint density at radius 3 is 2.20 bits per heavy atom. The largest absolute Gasteiger partial charge is 0.444 e. The van der Waals surface area contributed by atoms with E-state index in [0.717, 1.165) is 0 Å². The predicted octanol–water partition coefficient (Wildman–Crippen LogP) is 4.54. The van der Waals surface area contributed by atoms with Crippen molar-refractivity contribution in [3.8, 4) is 0 Å². The molecule has 0 saturated heterocycles. The van der Waals surface area contributed by atoms with E-state index in [4.69, 9.17) is 16.3 Å². The summed E-state index contributed by atoms with van der Waals surface area (Å²) in [6.45, 7) is 5.27. The molecule has 5 nitrogen and oxygen atoms in total. The summed E-state index contributed by atoms with van der Waals surface area (Å²) in [5.41, 5.74) is 0.448. The van der Waals surface area contributed by atoms with Crippen LogP contribution in [0.3, 0.4) is 0 Å². The first-order valence-corrected chi connectivity index (χ1v) is 8.24. The van der Waals surface area contributed by atoms with E-state index in [1.54, 1.807) is 69.3 Å². The van der Waals surface area contributed by atoms with Crippen molar-refractivity contribution in [2.45, 2.75) is 32.4 Å². The highest BCUT2D eigenvalue weighted by molar-refractivity contribution is 6.33. The molecule has 25 heavy (non-hydrogen) atoms. The predicted molar refractivity (Wildman–Crippen MR) is 98.6 cm³/mol. The fraction of sp³-hybridized carbons (Fsp3) is 0.263. The molecule has 0 aliphatic carbocycles. The van der Waals surface area contributed by atoms with Crippen molar-refractivity contribution in [3.05, 3.63) is 65.2 Å². The Hall–Kier alpha value is -2.53. The average molecular weight is 361 g/mol. The van der Waals surface area contributed by atoms with Gasteiger partial charge >= 0.3 is 6.09 Å². The summed E-state index contributed by atoms with van der Waals surface area (Å²) >= 11 is 6.09. The van der Waals surface area contributed by atoms with Gasteiger partial charge in [-0.15, -0.1) is 0 Å². The highest BCUT2D eigenvalue weighted by Crippen LogP contribution is 2.23. The van der Waals surface area contributed by atoms with Gasteiger partial charge in [-0.05, 0) is 38.5 Å². The Kier molecular flexibility index (Phi) is 6.04. The number of ether oxygens (including phenoxy) is 1. The standard InChI is InChI=1S/C19H21ClN2O3/c1-19(2,3)25-18(24)22-16(13-9-5-4-6-10-13)17(23)21-15-12-8-7-11-14(15)20/h4-12,16H,1-3H3,(H,21,23)(H,22,24). The van der Waals surface area contributed by atoms with E-state index >= 15 is 0 Å². The van der Waals surface area contributed by atoms with Crippen molar-refractivity contribution >= 4 is 29.3 Å². The van der Waals surface area contributed by atoms with Crippen LogP contribution in [0.15, 0.2) is 54.6 Å². The van der Waals surface area contributed by atoms with E-state index in [9.17, 15) is 9.59 Å². The minimum atomic E-state index is -0.910. The summed E-state index contributed by atoms with van der Waals surface area (Å²) in [7, 11) is 0. The normalized spacial score (nSPS) is 12.2. The van der Waals surface area contributed by atoms with Crippen molar-refractivity contribution in [2.75, 3.05) is 5.32 Å². The lowest BCUT2D eigenvalue weighted by Gasteiger charge is -2.23. The first-order valence-electron chi connectivity index (χ1n) is 7.86. The third-order valence-electron chi connectivity index (χ3n) is 3.19. The van der Waals surface area contributed by atoms with E-state index in [1.807, 2.05) is 6.07 Å². The molecule has 2 amide bonds. The van der Waals surface area contributed by atoms with Gasteiger partial charge in [-0.1, -0.05) is 54.1 Å². The first-order chi connectivity index (χ1) is 11.8. The highest BCUT2D eigenvalue weighted by Gasteiger charge is 2.26. The topological polar surface area (TPSA) is 67.4 Å². The summed E-state index contributed by atoms with van der Waals surface area (Å²) in [6, 6.07) is 14.9. The zero-order valence-corrected chi connectivity index (χ0v) is 15.1. The Morgan fingerprint density at radius 2 is 1.60 bits per heavy atom. The summed E-state index contributed by atoms with van der Waals surface area (Å²) in [4.78, 5) is 24.9. The van der Waals surface area contributed by atoms with Gasteiger partial charge in [-0.25, -0.2) is 4.79 Å². The van der Waals surface area contributed by atoms with Crippen LogP contribution in [-0.2, 0) is 9.53 Å². The summed E-state index contributed by atoms with van der Waals surface area (Å²) in [5, 5.41) is 5.77. The summed E-state index contributed by atoms with van der Waals surface area (Å²) < 4.78 is 5.26. The van der Waals surface area contributed by atoms with Gasteiger partial charge in [0.2, 0.25) is 0 Å². The van der Waals surface area contributed by atoms with Crippen LogP contribution in [-0.4, -0.2) is 17.6 Å². The third-order valence-corrected chi connectivity index (χ3v) is 3.52. The van der Waals surface area contributed by atoms with Crippen LogP contribution in [0, 0.1) is 0 Å². The molecule has 0 bridgehead atoms. The molecule has 0 radical (unpaired) electrons. The van der Waals surface area contributed by atoms with Gasteiger partial charge in [0.1, 0.15) is 11.6 Å². The number of para-hydroxylation sites is 1. The van der Waals surface area contributed by atoms with Crippen molar-refractivity contribution in [1.82, 2.24) is 5.32 Å². The number of hydrogen-bond donors (Lipinski definition) is 2. The molecule has 2 N–H and O–H groups in total. The molecule has 2 aromatic carbocycles. The van der Waals surface area contributed by atoms with Crippen molar-refractivity contribution in [1.29, 1.82) is 0 Å².